The first-order chi connectivity index (χ1) is 10.0. The van der Waals surface area contributed by atoms with Crippen molar-refractivity contribution in [3.63, 3.8) is 0 Å². The Hall–Kier alpha value is -2.47. The monoisotopic (exact) mass is 309 g/mol. The third-order valence-electron chi connectivity index (χ3n) is 2.74. The molecule has 110 valence electrons. The van der Waals surface area contributed by atoms with Crippen molar-refractivity contribution in [2.24, 2.45) is 0 Å². The number of furan rings is 1. The highest BCUT2D eigenvalue weighted by molar-refractivity contribution is 6.31. The lowest BCUT2D eigenvalue weighted by atomic mass is 10.1. The van der Waals surface area contributed by atoms with Gasteiger partial charge in [0.1, 0.15) is 12.0 Å². The minimum atomic E-state index is -1.07. The van der Waals surface area contributed by atoms with Gasteiger partial charge in [-0.2, -0.15) is 0 Å². The van der Waals surface area contributed by atoms with E-state index < -0.39 is 11.9 Å². The molecule has 0 aliphatic rings. The van der Waals surface area contributed by atoms with Gasteiger partial charge in [-0.05, 0) is 24.3 Å². The smallest absolute Gasteiger partial charge is 0.339 e. The Morgan fingerprint density at radius 2 is 2.14 bits per heavy atom. The molecule has 21 heavy (non-hydrogen) atoms. The van der Waals surface area contributed by atoms with Crippen LogP contribution in [0.1, 0.15) is 26.5 Å². The second-order valence-electron chi connectivity index (χ2n) is 4.14. The Kier molecular flexibility index (Phi) is 4.49. The molecule has 6 nitrogen and oxygen atoms in total. The highest BCUT2D eigenvalue weighted by Gasteiger charge is 2.13. The summed E-state index contributed by atoms with van der Waals surface area (Å²) in [7, 11) is 1.28. The summed E-state index contributed by atoms with van der Waals surface area (Å²) in [6, 6.07) is 6.10. The quantitative estimate of drug-likeness (QED) is 0.825. The summed E-state index contributed by atoms with van der Waals surface area (Å²) in [5, 5.41) is 12.2. The van der Waals surface area contributed by atoms with Gasteiger partial charge in [0, 0.05) is 5.02 Å². The molecule has 1 aromatic heterocycles. The molecule has 2 rings (SSSR count). The van der Waals surface area contributed by atoms with E-state index >= 15 is 0 Å². The Labute approximate surface area is 125 Å². The Balaban J connectivity index is 2.16. The molecular weight excluding hydrogens is 298 g/mol. The first-order valence-corrected chi connectivity index (χ1v) is 6.31. The van der Waals surface area contributed by atoms with Gasteiger partial charge in [0.05, 0.1) is 30.5 Å². The lowest BCUT2D eigenvalue weighted by molar-refractivity contribution is 0.0601. The highest BCUT2D eigenvalue weighted by Crippen LogP contribution is 2.23. The summed E-state index contributed by atoms with van der Waals surface area (Å²) in [6.45, 7) is 0.206. The molecule has 0 bridgehead atoms. The van der Waals surface area contributed by atoms with Gasteiger partial charge in [0.15, 0.2) is 0 Å². The van der Waals surface area contributed by atoms with Crippen molar-refractivity contribution in [3.05, 3.63) is 52.4 Å². The standard InChI is InChI=1S/C14H12ClNO5/c1-20-14(19)11-3-2-9(15)5-12(11)16-6-10-4-8(7-21-10)13(17)18/h2-5,7,16H,6H2,1H3,(H,17,18). The number of ether oxygens (including phenoxy) is 1. The van der Waals surface area contributed by atoms with Crippen molar-refractivity contribution in [3.8, 4) is 0 Å². The first-order valence-electron chi connectivity index (χ1n) is 5.93. The molecule has 0 saturated carbocycles. The van der Waals surface area contributed by atoms with Crippen molar-refractivity contribution in [1.29, 1.82) is 0 Å². The van der Waals surface area contributed by atoms with Crippen LogP contribution >= 0.6 is 11.6 Å². The van der Waals surface area contributed by atoms with E-state index in [1.807, 2.05) is 0 Å². The molecule has 1 aromatic carbocycles. The molecule has 0 amide bonds. The lowest BCUT2D eigenvalue weighted by Crippen LogP contribution is -2.08. The van der Waals surface area contributed by atoms with E-state index in [9.17, 15) is 9.59 Å². The van der Waals surface area contributed by atoms with E-state index in [4.69, 9.17) is 21.1 Å². The summed E-state index contributed by atoms with van der Waals surface area (Å²) in [5.74, 6) is -1.15. The van der Waals surface area contributed by atoms with Gasteiger partial charge in [-0.15, -0.1) is 0 Å². The lowest BCUT2D eigenvalue weighted by Gasteiger charge is -2.10. The Morgan fingerprint density at radius 3 is 2.76 bits per heavy atom. The molecular formula is C14H12ClNO5. The average Bonchev–Trinajstić information content (AvgIpc) is 2.93. The second-order valence-corrected chi connectivity index (χ2v) is 4.58. The molecule has 0 spiro atoms. The van der Waals surface area contributed by atoms with Crippen molar-refractivity contribution in [2.75, 3.05) is 12.4 Å². The fourth-order valence-corrected chi connectivity index (χ4v) is 1.89. The van der Waals surface area contributed by atoms with Crippen molar-refractivity contribution < 1.29 is 23.8 Å². The Morgan fingerprint density at radius 1 is 1.38 bits per heavy atom. The molecule has 0 unspecified atom stereocenters. The zero-order valence-corrected chi connectivity index (χ0v) is 11.8. The van der Waals surface area contributed by atoms with Gasteiger partial charge in [0.2, 0.25) is 0 Å². The van der Waals surface area contributed by atoms with Crippen LogP contribution in [0.15, 0.2) is 34.9 Å². The molecule has 0 atom stereocenters. The van der Waals surface area contributed by atoms with Crippen LogP contribution in [0.3, 0.4) is 0 Å². The van der Waals surface area contributed by atoms with E-state index in [0.29, 0.717) is 22.0 Å². The van der Waals surface area contributed by atoms with Crippen LogP contribution in [0.4, 0.5) is 5.69 Å². The Bertz CT molecular complexity index is 680. The van der Waals surface area contributed by atoms with Gasteiger partial charge in [-0.3, -0.25) is 0 Å². The van der Waals surface area contributed by atoms with Gasteiger partial charge >= 0.3 is 11.9 Å². The third-order valence-corrected chi connectivity index (χ3v) is 2.98. The molecule has 2 aromatic rings. The summed E-state index contributed by atoms with van der Waals surface area (Å²) >= 11 is 5.90. The number of hydrogen-bond acceptors (Lipinski definition) is 5. The largest absolute Gasteiger partial charge is 0.478 e. The number of carboxylic acids is 1. The van der Waals surface area contributed by atoms with E-state index in [2.05, 4.69) is 10.1 Å². The van der Waals surface area contributed by atoms with Crippen LogP contribution in [0.2, 0.25) is 5.02 Å². The van der Waals surface area contributed by atoms with Crippen LogP contribution in [-0.4, -0.2) is 24.2 Å². The average molecular weight is 310 g/mol. The number of methoxy groups -OCH3 is 1. The van der Waals surface area contributed by atoms with Crippen LogP contribution in [-0.2, 0) is 11.3 Å². The number of carbonyl (C=O) groups is 2. The van der Waals surface area contributed by atoms with Crippen LogP contribution in [0, 0.1) is 0 Å². The molecule has 2 N–H and O–H groups in total. The van der Waals surface area contributed by atoms with Crippen LogP contribution < -0.4 is 5.32 Å². The number of hydrogen-bond donors (Lipinski definition) is 2. The van der Waals surface area contributed by atoms with E-state index in [0.717, 1.165) is 6.26 Å². The molecule has 7 heteroatoms. The molecule has 0 radical (unpaired) electrons. The minimum Gasteiger partial charge on any atom is -0.478 e. The maximum atomic E-state index is 11.6. The number of benzene rings is 1. The van der Waals surface area contributed by atoms with E-state index in [-0.39, 0.29) is 12.1 Å². The molecule has 0 saturated heterocycles. The van der Waals surface area contributed by atoms with Crippen molar-refractivity contribution in [1.82, 2.24) is 0 Å². The fraction of sp³-hybridized carbons (Fsp3) is 0.143. The number of nitrogens with one attached hydrogen (secondary N) is 1. The maximum absolute atomic E-state index is 11.6. The van der Waals surface area contributed by atoms with Gasteiger partial charge < -0.3 is 19.6 Å². The van der Waals surface area contributed by atoms with Crippen LogP contribution in [0.5, 0.6) is 0 Å². The normalized spacial score (nSPS) is 10.2. The summed E-state index contributed by atoms with van der Waals surface area (Å²) in [5.41, 5.74) is 0.862. The van der Waals surface area contributed by atoms with Crippen LogP contribution in [0.25, 0.3) is 0 Å². The number of rotatable bonds is 5. The predicted molar refractivity (Wildman–Crippen MR) is 75.8 cm³/mol. The summed E-state index contributed by atoms with van der Waals surface area (Å²) < 4.78 is 9.79. The molecule has 1 heterocycles. The second kappa shape index (κ2) is 6.32. The van der Waals surface area contributed by atoms with E-state index in [1.54, 1.807) is 18.2 Å². The van der Waals surface area contributed by atoms with Crippen molar-refractivity contribution in [2.45, 2.75) is 6.54 Å². The van der Waals surface area contributed by atoms with Gasteiger partial charge in [0.25, 0.3) is 0 Å². The highest BCUT2D eigenvalue weighted by atomic mass is 35.5. The van der Waals surface area contributed by atoms with Crippen molar-refractivity contribution >= 4 is 29.2 Å². The number of esters is 1. The third kappa shape index (κ3) is 3.55. The van der Waals surface area contributed by atoms with Gasteiger partial charge in [-0.1, -0.05) is 11.6 Å². The number of aromatic carboxylic acids is 1. The number of carbonyl (C=O) groups excluding carboxylic acids is 1. The predicted octanol–water partition coefficient (Wildman–Crippen LogP) is 3.03. The zero-order chi connectivity index (χ0) is 15.4. The zero-order valence-electron chi connectivity index (χ0n) is 11.1. The number of carboxylic acid groups (broad SMARTS) is 1. The first kappa shape index (κ1) is 14.9. The van der Waals surface area contributed by atoms with Gasteiger partial charge in [-0.25, -0.2) is 9.59 Å². The number of halogens is 1. The molecule has 0 fully saturated rings. The summed E-state index contributed by atoms with van der Waals surface area (Å²) in [4.78, 5) is 22.4. The molecule has 0 aliphatic heterocycles. The maximum Gasteiger partial charge on any atom is 0.339 e. The molecule has 0 aliphatic carbocycles. The fourth-order valence-electron chi connectivity index (χ4n) is 1.72. The summed E-state index contributed by atoms with van der Waals surface area (Å²) in [6.07, 6.45) is 1.15. The SMILES string of the molecule is COC(=O)c1ccc(Cl)cc1NCc1cc(C(=O)O)co1. The number of anilines is 1. The minimum absolute atomic E-state index is 0.0612. The topological polar surface area (TPSA) is 88.8 Å². The van der Waals surface area contributed by atoms with E-state index in [1.165, 1.54) is 13.2 Å².